The van der Waals surface area contributed by atoms with Crippen LogP contribution in [0.2, 0.25) is 10.0 Å². The predicted octanol–water partition coefficient (Wildman–Crippen LogP) is 8.21. The normalized spacial score (nSPS) is 15.6. The van der Waals surface area contributed by atoms with Crippen LogP contribution in [0.3, 0.4) is 0 Å². The fourth-order valence-electron chi connectivity index (χ4n) is 8.04. The summed E-state index contributed by atoms with van der Waals surface area (Å²) in [5, 5.41) is 30.1. The number of halogens is 2. The van der Waals surface area contributed by atoms with E-state index in [0.717, 1.165) is 42.2 Å². The number of amides is 1. The number of carboxylic acids is 1. The first-order valence-corrected chi connectivity index (χ1v) is 22.3. The van der Waals surface area contributed by atoms with Gasteiger partial charge >= 0.3 is 5.97 Å². The first-order valence-electron chi connectivity index (χ1n) is 19.9. The maximum absolute atomic E-state index is 13.0. The van der Waals surface area contributed by atoms with E-state index in [9.17, 15) is 14.7 Å². The summed E-state index contributed by atoms with van der Waals surface area (Å²) >= 11 is 15.2. The van der Waals surface area contributed by atoms with E-state index in [0.29, 0.717) is 93.9 Å². The van der Waals surface area contributed by atoms with Crippen LogP contribution in [0.4, 0.5) is 29.0 Å². The number of nitrogens with zero attached hydrogens (tertiary/aromatic N) is 10. The van der Waals surface area contributed by atoms with E-state index in [1.807, 2.05) is 6.07 Å². The topological polar surface area (TPSA) is 221 Å². The molecule has 9 aromatic rings. The Kier molecular flexibility index (Phi) is 11.0. The van der Waals surface area contributed by atoms with Crippen molar-refractivity contribution in [2.45, 2.75) is 38.5 Å². The molecule has 4 N–H and O–H groups in total. The lowest BCUT2D eigenvalue weighted by Gasteiger charge is -2.22. The highest BCUT2D eigenvalue weighted by Gasteiger charge is 2.31. The average molecular weight is 937 g/mol. The number of aliphatic carboxylic acids is 1. The number of aromatic nitrogens is 10. The number of carboxylic acid groups (broad SMARTS) is 1. The van der Waals surface area contributed by atoms with E-state index < -0.39 is 5.97 Å². The van der Waals surface area contributed by atoms with Crippen molar-refractivity contribution in [1.82, 2.24) is 49.1 Å². The van der Waals surface area contributed by atoms with Crippen molar-refractivity contribution in [3.8, 4) is 11.5 Å². The van der Waals surface area contributed by atoms with Gasteiger partial charge in [0.1, 0.15) is 34.0 Å². The van der Waals surface area contributed by atoms with Gasteiger partial charge in [-0.15, -0.1) is 22.7 Å². The van der Waals surface area contributed by atoms with Crippen molar-refractivity contribution in [2.24, 2.45) is 11.8 Å². The first kappa shape index (κ1) is 41.3. The molecule has 22 heteroatoms. The minimum atomic E-state index is -0.740. The fourth-order valence-corrected chi connectivity index (χ4v) is 10.9. The number of aryl methyl sites for hydroxylation is 2. The van der Waals surface area contributed by atoms with Crippen LogP contribution in [0.5, 0.6) is 11.5 Å². The molecule has 0 bridgehead atoms. The molecule has 324 valence electrons. The predicted molar refractivity (Wildman–Crippen MR) is 244 cm³/mol. The number of ether oxygens (including phenoxy) is 2. The third-order valence-electron chi connectivity index (χ3n) is 11.2. The van der Waals surface area contributed by atoms with Crippen LogP contribution in [0.15, 0.2) is 67.8 Å². The standard InChI is InChI=1S/C24H19Cl2N7O2S.C18H16N6O3S/c1-35-17-10-33-19(6-7-29-33)31-21(17)32-22-20-14-4-2-12(8-18(14)36-24(20)28-11-27-22)23(34)30-13-3-5-15(25)16(26)9-13;1-27-11-7-24-13(4-5-21-24)22-15(11)23-16-14-10-3-2-9(18(25)26)6-12(10)28-17(14)20-8-19-16/h3,5-7,9-12H,2,4,8H2,1H3,(H,30,34)(H,27,28,31,32);4-5,7-9H,2-3,6H2,1H3,(H,25,26)(H,19,20,22,23)/t12-;9-/m00/s1. The third-order valence-corrected chi connectivity index (χ3v) is 14.3. The summed E-state index contributed by atoms with van der Waals surface area (Å²) in [6.07, 6.45) is 13.8. The minimum Gasteiger partial charge on any atom is -0.491 e. The van der Waals surface area contributed by atoms with Gasteiger partial charge in [-0.2, -0.15) is 10.2 Å². The van der Waals surface area contributed by atoms with Crippen LogP contribution in [-0.2, 0) is 35.3 Å². The number of benzene rings is 1. The average Bonchev–Trinajstić information content (AvgIpc) is 4.11. The van der Waals surface area contributed by atoms with Gasteiger partial charge in [0, 0.05) is 33.5 Å². The molecule has 18 nitrogen and oxygen atoms in total. The van der Waals surface area contributed by atoms with Gasteiger partial charge in [0.15, 0.2) is 34.4 Å². The number of hydrogen-bond acceptors (Lipinski definition) is 16. The number of carbonyl (C=O) groups excluding carboxylic acids is 1. The lowest BCUT2D eigenvalue weighted by molar-refractivity contribution is -0.142. The number of carbonyl (C=O) groups is 2. The molecule has 0 saturated heterocycles. The van der Waals surface area contributed by atoms with E-state index in [1.165, 1.54) is 29.6 Å². The summed E-state index contributed by atoms with van der Waals surface area (Å²) in [5.41, 5.74) is 4.30. The summed E-state index contributed by atoms with van der Waals surface area (Å²) in [5.74, 6) is 2.19. The van der Waals surface area contributed by atoms with Crippen LogP contribution < -0.4 is 25.4 Å². The second kappa shape index (κ2) is 17.1. The molecule has 64 heavy (non-hydrogen) atoms. The maximum atomic E-state index is 13.0. The van der Waals surface area contributed by atoms with E-state index in [-0.39, 0.29) is 17.7 Å². The Morgan fingerprint density at radius 3 is 1.77 bits per heavy atom. The smallest absolute Gasteiger partial charge is 0.306 e. The lowest BCUT2D eigenvalue weighted by Crippen LogP contribution is -2.27. The zero-order valence-electron chi connectivity index (χ0n) is 33.9. The summed E-state index contributed by atoms with van der Waals surface area (Å²) in [6.45, 7) is 0. The molecular formula is C42H35Cl2N13O5S2. The van der Waals surface area contributed by atoms with Crippen molar-refractivity contribution >= 4 is 118 Å². The van der Waals surface area contributed by atoms with Crippen LogP contribution in [0, 0.1) is 11.8 Å². The highest BCUT2D eigenvalue weighted by atomic mass is 35.5. The molecule has 2 atom stereocenters. The van der Waals surface area contributed by atoms with Gasteiger partial charge in [-0.25, -0.2) is 38.9 Å². The summed E-state index contributed by atoms with van der Waals surface area (Å²) < 4.78 is 14.3. The van der Waals surface area contributed by atoms with Crippen LogP contribution >= 0.6 is 45.9 Å². The van der Waals surface area contributed by atoms with E-state index in [1.54, 1.807) is 83.6 Å². The highest BCUT2D eigenvalue weighted by Crippen LogP contribution is 2.43. The molecule has 0 fully saturated rings. The van der Waals surface area contributed by atoms with Gasteiger partial charge in [-0.05, 0) is 67.9 Å². The van der Waals surface area contributed by atoms with Crippen LogP contribution in [0.1, 0.15) is 33.7 Å². The molecule has 0 aliphatic heterocycles. The molecule has 8 heterocycles. The number of thiophene rings is 2. The number of fused-ring (bicyclic) bond motifs is 8. The number of anilines is 5. The quantitative estimate of drug-likeness (QED) is 0.107. The van der Waals surface area contributed by atoms with Gasteiger partial charge < -0.3 is 30.5 Å². The third kappa shape index (κ3) is 7.82. The number of methoxy groups -OCH3 is 2. The van der Waals surface area contributed by atoms with Crippen molar-refractivity contribution in [3.05, 3.63) is 98.7 Å². The fraction of sp³-hybridized carbons (Fsp3) is 0.238. The van der Waals surface area contributed by atoms with Crippen LogP contribution in [0.25, 0.3) is 31.7 Å². The highest BCUT2D eigenvalue weighted by molar-refractivity contribution is 7.19. The number of nitrogens with one attached hydrogen (secondary N) is 3. The maximum Gasteiger partial charge on any atom is 0.306 e. The monoisotopic (exact) mass is 935 g/mol. The molecule has 8 aromatic heterocycles. The molecule has 0 spiro atoms. The molecule has 2 aliphatic rings. The van der Waals surface area contributed by atoms with Crippen molar-refractivity contribution in [3.63, 3.8) is 0 Å². The molecule has 1 aromatic carbocycles. The molecule has 0 saturated carbocycles. The van der Waals surface area contributed by atoms with Crippen molar-refractivity contribution in [2.75, 3.05) is 30.2 Å². The Hall–Kier alpha value is -6.74. The Morgan fingerprint density at radius 2 is 1.25 bits per heavy atom. The summed E-state index contributed by atoms with van der Waals surface area (Å²) in [7, 11) is 3.16. The first-order chi connectivity index (χ1) is 31.1. The Morgan fingerprint density at radius 1 is 0.719 bits per heavy atom. The van der Waals surface area contributed by atoms with Gasteiger partial charge in [-0.3, -0.25) is 9.59 Å². The van der Waals surface area contributed by atoms with Gasteiger partial charge in [0.2, 0.25) is 5.91 Å². The Balaban J connectivity index is 0.000000156. The van der Waals surface area contributed by atoms with E-state index in [4.69, 9.17) is 32.7 Å². The van der Waals surface area contributed by atoms with Gasteiger partial charge in [-0.1, -0.05) is 23.2 Å². The van der Waals surface area contributed by atoms with Crippen LogP contribution in [-0.4, -0.2) is 80.3 Å². The SMILES string of the molecule is COc1cn2nccc2nc1Nc1ncnc2sc3c(c12)CC[C@H](C(=O)Nc1ccc(Cl)c(Cl)c1)C3.COc1cn2nccc2nc1Nc1ncnc2sc3c(c12)CC[C@H](C(=O)O)C3. The Bertz CT molecular complexity index is 3280. The lowest BCUT2D eigenvalue weighted by atomic mass is 9.87. The van der Waals surface area contributed by atoms with E-state index in [2.05, 4.69) is 56.1 Å². The zero-order chi connectivity index (χ0) is 44.1. The number of hydrogen-bond donors (Lipinski definition) is 4. The molecule has 0 unspecified atom stereocenters. The molecule has 2 aliphatic carbocycles. The Labute approximate surface area is 380 Å². The minimum absolute atomic E-state index is 0.0380. The molecule has 1 amide bonds. The van der Waals surface area contributed by atoms with Crippen molar-refractivity contribution in [1.29, 1.82) is 0 Å². The summed E-state index contributed by atoms with van der Waals surface area (Å²) in [6, 6.07) is 8.70. The molecule has 11 rings (SSSR count). The zero-order valence-corrected chi connectivity index (χ0v) is 37.0. The van der Waals surface area contributed by atoms with E-state index >= 15 is 0 Å². The van der Waals surface area contributed by atoms with Gasteiger partial charge in [0.25, 0.3) is 0 Å². The molecular weight excluding hydrogens is 902 g/mol. The molecule has 0 radical (unpaired) electrons. The summed E-state index contributed by atoms with van der Waals surface area (Å²) in [4.78, 5) is 55.3. The largest absolute Gasteiger partial charge is 0.491 e. The number of rotatable bonds is 9. The van der Waals surface area contributed by atoms with Gasteiger partial charge in [0.05, 0.1) is 65.7 Å². The second-order valence-corrected chi connectivity index (χ2v) is 18.0. The van der Waals surface area contributed by atoms with Crippen molar-refractivity contribution < 1.29 is 24.2 Å². The second-order valence-electron chi connectivity index (χ2n) is 15.0.